The monoisotopic (exact) mass is 570 g/mol. The van der Waals surface area contributed by atoms with Crippen LogP contribution in [0.25, 0.3) is 11.1 Å². The molecule has 3 aromatic rings. The molecule has 2 amide bonds. The Bertz CT molecular complexity index is 1440. The van der Waals surface area contributed by atoms with Crippen LogP contribution in [0.1, 0.15) is 53.0 Å². The molecule has 1 aliphatic rings. The molecule has 2 N–H and O–H groups in total. The highest BCUT2D eigenvalue weighted by Gasteiger charge is 2.31. The number of rotatable bonds is 9. The van der Waals surface area contributed by atoms with Gasteiger partial charge < -0.3 is 30.0 Å². The molecule has 2 heterocycles. The van der Waals surface area contributed by atoms with Crippen molar-refractivity contribution in [3.8, 4) is 11.1 Å². The highest BCUT2D eigenvalue weighted by molar-refractivity contribution is 6.12. The predicted octanol–water partition coefficient (Wildman–Crippen LogP) is 5.09. The summed E-state index contributed by atoms with van der Waals surface area (Å²) in [4.78, 5) is 41.0. The second-order valence-corrected chi connectivity index (χ2v) is 9.50. The lowest BCUT2D eigenvalue weighted by molar-refractivity contribution is -0.242. The van der Waals surface area contributed by atoms with Gasteiger partial charge in [0, 0.05) is 17.9 Å². The van der Waals surface area contributed by atoms with E-state index < -0.39 is 41.6 Å². The summed E-state index contributed by atoms with van der Waals surface area (Å²) in [7, 11) is 0. The third-order valence-electron chi connectivity index (χ3n) is 6.26. The Morgan fingerprint density at radius 3 is 2.54 bits per heavy atom. The number of halogens is 3. The number of nitrogens with zero attached hydrogens (tertiary/aromatic N) is 1. The number of Topliss-reactive ketones (excluding diaryl/α,β-unsaturated/α-hetero) is 1. The number of benzene rings is 2. The van der Waals surface area contributed by atoms with E-state index in [1.807, 2.05) is 24.4 Å². The topological polar surface area (TPSA) is 130 Å². The second kappa shape index (κ2) is 12.9. The fourth-order valence-corrected chi connectivity index (χ4v) is 4.36. The molecule has 1 aliphatic heterocycles. The summed E-state index contributed by atoms with van der Waals surface area (Å²) >= 11 is 0. The Morgan fingerprint density at radius 2 is 1.83 bits per heavy atom. The van der Waals surface area contributed by atoms with E-state index in [4.69, 9.17) is 9.47 Å². The molecule has 2 aromatic carbocycles. The van der Waals surface area contributed by atoms with Crippen molar-refractivity contribution in [1.82, 2.24) is 4.98 Å². The van der Waals surface area contributed by atoms with Crippen molar-refractivity contribution in [1.29, 1.82) is 0 Å². The number of ketones is 1. The van der Waals surface area contributed by atoms with E-state index in [0.717, 1.165) is 36.6 Å². The van der Waals surface area contributed by atoms with Crippen molar-refractivity contribution in [2.45, 2.75) is 51.7 Å². The van der Waals surface area contributed by atoms with Gasteiger partial charge in [0.15, 0.2) is 12.1 Å². The minimum Gasteiger partial charge on any atom is -0.530 e. The molecule has 4 rings (SSSR count). The summed E-state index contributed by atoms with van der Waals surface area (Å²) in [5.74, 6) is -1.51. The number of alkyl halides is 3. The highest BCUT2D eigenvalue weighted by Crippen LogP contribution is 2.34. The van der Waals surface area contributed by atoms with Crippen LogP contribution >= 0.6 is 0 Å². The first kappa shape index (κ1) is 29.7. The van der Waals surface area contributed by atoms with E-state index in [2.05, 4.69) is 10.3 Å². The summed E-state index contributed by atoms with van der Waals surface area (Å²) < 4.78 is 50.9. The predicted molar refractivity (Wildman–Crippen MR) is 141 cm³/mol. The standard InChI is InChI=1S/C29H28F3N3O6/c1-17-11-20(13-22(33-17)16-41-27-7-2-3-10-40-27)18-5-4-6-19(12-18)25(36)15-26(37)34-24-14-21(29(30,31)32)8-9-23(24)35-28(38)39/h4-6,8-9,11-14,27,35H,2-3,7,10,15-16H2,1H3,(H,34,37)(H,38,39)/p-1. The summed E-state index contributed by atoms with van der Waals surface area (Å²) in [5, 5.41) is 14.9. The van der Waals surface area contributed by atoms with Crippen molar-refractivity contribution >= 4 is 29.2 Å². The number of aryl methyl sites for hydroxylation is 1. The van der Waals surface area contributed by atoms with Crippen LogP contribution in [0, 0.1) is 6.92 Å². The molecule has 1 aromatic heterocycles. The van der Waals surface area contributed by atoms with Gasteiger partial charge in [-0.3, -0.25) is 14.6 Å². The van der Waals surface area contributed by atoms with Crippen LogP contribution in [0.3, 0.4) is 0 Å². The Morgan fingerprint density at radius 1 is 1.02 bits per heavy atom. The van der Waals surface area contributed by atoms with Crippen molar-refractivity contribution in [3.05, 3.63) is 77.1 Å². The zero-order valence-corrected chi connectivity index (χ0v) is 22.0. The van der Waals surface area contributed by atoms with Gasteiger partial charge in [-0.15, -0.1) is 0 Å². The third kappa shape index (κ3) is 8.35. The van der Waals surface area contributed by atoms with Gasteiger partial charge in [-0.05, 0) is 73.7 Å². The molecule has 1 fully saturated rings. The summed E-state index contributed by atoms with van der Waals surface area (Å²) in [6.45, 7) is 2.75. The fourth-order valence-electron chi connectivity index (χ4n) is 4.36. The lowest BCUT2D eigenvalue weighted by Crippen LogP contribution is -2.29. The Labute approximate surface area is 233 Å². The Balaban J connectivity index is 1.47. The molecule has 9 nitrogen and oxygen atoms in total. The van der Waals surface area contributed by atoms with Crippen molar-refractivity contribution in [2.24, 2.45) is 0 Å². The van der Waals surface area contributed by atoms with Gasteiger partial charge in [-0.25, -0.2) is 0 Å². The molecule has 12 heteroatoms. The normalized spacial score (nSPS) is 15.3. The van der Waals surface area contributed by atoms with Crippen LogP contribution in [-0.4, -0.2) is 35.7 Å². The van der Waals surface area contributed by atoms with Crippen LogP contribution in [0.15, 0.2) is 54.6 Å². The number of pyridine rings is 1. The lowest BCUT2D eigenvalue weighted by Gasteiger charge is -2.22. The third-order valence-corrected chi connectivity index (χ3v) is 6.26. The van der Waals surface area contributed by atoms with E-state index in [0.29, 0.717) is 30.0 Å². The smallest absolute Gasteiger partial charge is 0.416 e. The maximum atomic E-state index is 13.2. The molecule has 1 unspecified atom stereocenters. The number of hydrogen-bond acceptors (Lipinski definition) is 7. The van der Waals surface area contributed by atoms with Crippen molar-refractivity contribution in [2.75, 3.05) is 17.2 Å². The first-order valence-electron chi connectivity index (χ1n) is 12.8. The van der Waals surface area contributed by atoms with Crippen LogP contribution in [0.5, 0.6) is 0 Å². The molecule has 0 saturated carbocycles. The average molecular weight is 571 g/mol. The summed E-state index contributed by atoms with van der Waals surface area (Å²) in [6, 6.07) is 12.3. The molecule has 0 aliphatic carbocycles. The first-order chi connectivity index (χ1) is 19.5. The maximum Gasteiger partial charge on any atom is 0.416 e. The molecule has 0 radical (unpaired) electrons. The van der Waals surface area contributed by atoms with E-state index in [1.165, 1.54) is 6.07 Å². The lowest BCUT2D eigenvalue weighted by atomic mass is 9.99. The van der Waals surface area contributed by atoms with Gasteiger partial charge in [0.05, 0.1) is 35.7 Å². The SMILES string of the molecule is Cc1cc(-c2cccc(C(=O)CC(=O)Nc3cc(C(F)(F)F)ccc3NC(=O)[O-])c2)cc(COC2CCCCO2)n1. The minimum absolute atomic E-state index is 0.206. The van der Waals surface area contributed by atoms with E-state index in [1.54, 1.807) is 18.2 Å². The van der Waals surface area contributed by atoms with Gasteiger partial charge >= 0.3 is 6.18 Å². The average Bonchev–Trinajstić information content (AvgIpc) is 2.92. The number of ether oxygens (including phenoxy) is 2. The molecule has 1 saturated heterocycles. The Kier molecular flexibility index (Phi) is 9.35. The van der Waals surface area contributed by atoms with Crippen LogP contribution in [-0.2, 0) is 27.1 Å². The van der Waals surface area contributed by atoms with Gasteiger partial charge in [0.25, 0.3) is 0 Å². The van der Waals surface area contributed by atoms with Crippen LogP contribution in [0.4, 0.5) is 29.3 Å². The van der Waals surface area contributed by atoms with Gasteiger partial charge in [0.1, 0.15) is 6.09 Å². The number of amides is 2. The molecule has 0 spiro atoms. The van der Waals surface area contributed by atoms with Gasteiger partial charge in [-0.2, -0.15) is 13.2 Å². The second-order valence-electron chi connectivity index (χ2n) is 9.50. The molecule has 1 atom stereocenters. The van der Waals surface area contributed by atoms with E-state index in [-0.39, 0.29) is 24.1 Å². The number of anilines is 2. The van der Waals surface area contributed by atoms with Gasteiger partial charge in [-0.1, -0.05) is 18.2 Å². The number of hydrogen-bond donors (Lipinski definition) is 2. The minimum atomic E-state index is -4.74. The molecule has 41 heavy (non-hydrogen) atoms. The number of aromatic nitrogens is 1. The molecule has 0 bridgehead atoms. The van der Waals surface area contributed by atoms with Crippen LogP contribution < -0.4 is 15.7 Å². The summed E-state index contributed by atoms with van der Waals surface area (Å²) in [5.41, 5.74) is 1.20. The maximum absolute atomic E-state index is 13.2. The zero-order chi connectivity index (χ0) is 29.6. The number of carboxylic acid groups (broad SMARTS) is 1. The van der Waals surface area contributed by atoms with E-state index >= 15 is 0 Å². The molecular weight excluding hydrogens is 543 g/mol. The zero-order valence-electron chi connectivity index (χ0n) is 22.0. The fraction of sp³-hybridized carbons (Fsp3) is 0.310. The number of carbonyl (C=O) groups is 3. The van der Waals surface area contributed by atoms with E-state index in [9.17, 15) is 32.7 Å². The molecular formula is C29H27F3N3O6-. The van der Waals surface area contributed by atoms with Crippen LogP contribution in [0.2, 0.25) is 0 Å². The number of nitrogens with one attached hydrogen (secondary N) is 2. The molecule has 216 valence electrons. The van der Waals surface area contributed by atoms with Crippen molar-refractivity contribution in [3.63, 3.8) is 0 Å². The summed E-state index contributed by atoms with van der Waals surface area (Å²) in [6.07, 6.45) is -4.62. The largest absolute Gasteiger partial charge is 0.530 e. The van der Waals surface area contributed by atoms with Gasteiger partial charge in [0.2, 0.25) is 5.91 Å². The highest BCUT2D eigenvalue weighted by atomic mass is 19.4. The first-order valence-corrected chi connectivity index (χ1v) is 12.8. The Hall–Kier alpha value is -4.29. The quantitative estimate of drug-likeness (QED) is 0.271. The van der Waals surface area contributed by atoms with Crippen molar-refractivity contribution < 1.29 is 42.1 Å². The number of carbonyl (C=O) groups excluding carboxylic acids is 3.